The number of Topliss-reactive ketones (excluding diaryl/α,β-unsaturated/α-hetero) is 1. The summed E-state index contributed by atoms with van der Waals surface area (Å²) in [7, 11) is 0. The summed E-state index contributed by atoms with van der Waals surface area (Å²) in [5, 5.41) is 10.9. The van der Waals surface area contributed by atoms with Crippen molar-refractivity contribution in [3.8, 4) is 6.07 Å². The quantitative estimate of drug-likeness (QED) is 0.537. The highest BCUT2D eigenvalue weighted by Gasteiger charge is 2.41. The molecule has 2 heterocycles. The summed E-state index contributed by atoms with van der Waals surface area (Å²) in [5.74, 6) is -0.0144. The fourth-order valence-electron chi connectivity index (χ4n) is 5.68. The second-order valence-corrected chi connectivity index (χ2v) is 10.5. The topological polar surface area (TPSA) is 61.2 Å². The molecule has 0 radical (unpaired) electrons. The molecular formula is C28H30N2O2S. The number of thiophene rings is 1. The van der Waals surface area contributed by atoms with Crippen LogP contribution < -0.4 is 4.90 Å². The SMILES string of the molecule is CCc1ccc([C@@H]2CC(=O)N(c3sc4c(c3C#N)CCCCCC4)C3=C2C(=O)CCC3)cc1. The van der Waals surface area contributed by atoms with Gasteiger partial charge in [-0.1, -0.05) is 44.0 Å². The number of amides is 1. The van der Waals surface area contributed by atoms with Crippen molar-refractivity contribution in [1.82, 2.24) is 0 Å². The van der Waals surface area contributed by atoms with Gasteiger partial charge in [0, 0.05) is 34.9 Å². The number of allylic oxidation sites excluding steroid dienone is 2. The molecule has 2 aliphatic carbocycles. The highest BCUT2D eigenvalue weighted by Crippen LogP contribution is 2.47. The van der Waals surface area contributed by atoms with Crippen molar-refractivity contribution < 1.29 is 9.59 Å². The molecule has 0 saturated carbocycles. The van der Waals surface area contributed by atoms with Gasteiger partial charge < -0.3 is 0 Å². The van der Waals surface area contributed by atoms with Crippen LogP contribution in [0.1, 0.15) is 91.3 Å². The van der Waals surface area contributed by atoms with Gasteiger partial charge in [-0.05, 0) is 61.6 Å². The number of hydrogen-bond acceptors (Lipinski definition) is 4. The van der Waals surface area contributed by atoms with Crippen LogP contribution in [0.2, 0.25) is 0 Å². The minimum absolute atomic E-state index is 0.0127. The number of ketones is 1. The summed E-state index contributed by atoms with van der Waals surface area (Å²) < 4.78 is 0. The third-order valence-corrected chi connectivity index (χ3v) is 8.71. The van der Waals surface area contributed by atoms with Gasteiger partial charge in [-0.15, -0.1) is 11.3 Å². The van der Waals surface area contributed by atoms with Gasteiger partial charge in [0.1, 0.15) is 11.1 Å². The lowest BCUT2D eigenvalue weighted by Gasteiger charge is -2.38. The van der Waals surface area contributed by atoms with Crippen molar-refractivity contribution in [1.29, 1.82) is 5.26 Å². The van der Waals surface area contributed by atoms with Crippen molar-refractivity contribution in [2.45, 2.75) is 83.5 Å². The predicted octanol–water partition coefficient (Wildman–Crippen LogP) is 6.37. The first-order chi connectivity index (χ1) is 16.1. The predicted molar refractivity (Wildman–Crippen MR) is 131 cm³/mol. The molecule has 0 fully saturated rings. The number of hydrogen-bond donors (Lipinski definition) is 0. The van der Waals surface area contributed by atoms with Crippen LogP contribution in [0.3, 0.4) is 0 Å². The van der Waals surface area contributed by atoms with E-state index in [9.17, 15) is 14.9 Å². The Balaban J connectivity index is 1.63. The maximum atomic E-state index is 13.7. The number of carbonyl (C=O) groups excluding carboxylic acids is 2. The second kappa shape index (κ2) is 9.27. The molecule has 1 atom stereocenters. The monoisotopic (exact) mass is 458 g/mol. The summed E-state index contributed by atoms with van der Waals surface area (Å²) >= 11 is 1.62. The van der Waals surface area contributed by atoms with E-state index in [-0.39, 0.29) is 24.0 Å². The number of carbonyl (C=O) groups is 2. The first-order valence-electron chi connectivity index (χ1n) is 12.3. The van der Waals surface area contributed by atoms with E-state index >= 15 is 0 Å². The number of benzene rings is 1. The molecule has 5 heteroatoms. The molecule has 2 aromatic rings. The van der Waals surface area contributed by atoms with Gasteiger partial charge in [-0.2, -0.15) is 5.26 Å². The summed E-state index contributed by atoms with van der Waals surface area (Å²) in [6.45, 7) is 2.12. The molecule has 1 aromatic carbocycles. The van der Waals surface area contributed by atoms with Gasteiger partial charge in [0.15, 0.2) is 5.78 Å². The van der Waals surface area contributed by atoms with Crippen LogP contribution in [0.5, 0.6) is 0 Å². The average Bonchev–Trinajstić information content (AvgIpc) is 3.14. The zero-order valence-corrected chi connectivity index (χ0v) is 20.1. The molecule has 1 aromatic heterocycles. The third-order valence-electron chi connectivity index (χ3n) is 7.43. The highest BCUT2D eigenvalue weighted by molar-refractivity contribution is 7.16. The number of aryl methyl sites for hydroxylation is 2. The number of rotatable bonds is 3. The van der Waals surface area contributed by atoms with Gasteiger partial charge in [0.2, 0.25) is 5.91 Å². The van der Waals surface area contributed by atoms with Crippen LogP contribution in [0, 0.1) is 11.3 Å². The van der Waals surface area contributed by atoms with E-state index in [2.05, 4.69) is 37.3 Å². The van der Waals surface area contributed by atoms with Crippen LogP contribution in [0.25, 0.3) is 0 Å². The van der Waals surface area contributed by atoms with Crippen molar-refractivity contribution in [2.24, 2.45) is 0 Å². The zero-order valence-electron chi connectivity index (χ0n) is 19.3. The lowest BCUT2D eigenvalue weighted by atomic mass is 9.77. The fourth-order valence-corrected chi connectivity index (χ4v) is 7.06. The minimum atomic E-state index is -0.186. The van der Waals surface area contributed by atoms with E-state index in [0.29, 0.717) is 18.4 Å². The molecule has 0 spiro atoms. The first-order valence-corrected chi connectivity index (χ1v) is 13.2. The Morgan fingerprint density at radius 2 is 1.76 bits per heavy atom. The first kappa shape index (κ1) is 22.1. The third kappa shape index (κ3) is 3.95. The summed E-state index contributed by atoms with van der Waals surface area (Å²) in [4.78, 5) is 29.9. The molecule has 0 unspecified atom stereocenters. The fraction of sp³-hybridized carbons (Fsp3) is 0.464. The zero-order chi connectivity index (χ0) is 22.9. The van der Waals surface area contributed by atoms with Gasteiger partial charge in [0.05, 0.1) is 5.56 Å². The van der Waals surface area contributed by atoms with Crippen LogP contribution >= 0.6 is 11.3 Å². The molecule has 33 heavy (non-hydrogen) atoms. The van der Waals surface area contributed by atoms with Crippen LogP contribution in [0.4, 0.5) is 5.00 Å². The second-order valence-electron chi connectivity index (χ2n) is 9.43. The Morgan fingerprint density at radius 1 is 1.00 bits per heavy atom. The lowest BCUT2D eigenvalue weighted by molar-refractivity contribution is -0.119. The molecule has 0 N–H and O–H groups in total. The molecule has 0 bridgehead atoms. The van der Waals surface area contributed by atoms with Crippen LogP contribution in [-0.2, 0) is 28.9 Å². The van der Waals surface area contributed by atoms with E-state index in [0.717, 1.165) is 65.9 Å². The molecule has 1 aliphatic heterocycles. The summed E-state index contributed by atoms with van der Waals surface area (Å²) in [6, 6.07) is 10.8. The molecule has 170 valence electrons. The van der Waals surface area contributed by atoms with Crippen LogP contribution in [-0.4, -0.2) is 11.7 Å². The highest BCUT2D eigenvalue weighted by atomic mass is 32.1. The Kier molecular flexibility index (Phi) is 6.21. The summed E-state index contributed by atoms with van der Waals surface area (Å²) in [5.41, 5.74) is 5.75. The van der Waals surface area contributed by atoms with Gasteiger partial charge >= 0.3 is 0 Å². The largest absolute Gasteiger partial charge is 0.294 e. The Morgan fingerprint density at radius 3 is 2.48 bits per heavy atom. The molecular weight excluding hydrogens is 428 g/mol. The molecule has 3 aliphatic rings. The Bertz CT molecular complexity index is 1170. The van der Waals surface area contributed by atoms with Crippen molar-refractivity contribution in [3.05, 3.63) is 62.7 Å². The van der Waals surface area contributed by atoms with E-state index in [1.807, 2.05) is 0 Å². The van der Waals surface area contributed by atoms with E-state index < -0.39 is 0 Å². The lowest BCUT2D eigenvalue weighted by Crippen LogP contribution is -2.40. The molecule has 1 amide bonds. The van der Waals surface area contributed by atoms with Crippen molar-refractivity contribution >= 4 is 28.0 Å². The van der Waals surface area contributed by atoms with Gasteiger partial charge in [-0.25, -0.2) is 0 Å². The average molecular weight is 459 g/mol. The minimum Gasteiger partial charge on any atom is -0.294 e. The number of nitrogens with zero attached hydrogens (tertiary/aromatic N) is 2. The van der Waals surface area contributed by atoms with Crippen LogP contribution in [0.15, 0.2) is 35.5 Å². The van der Waals surface area contributed by atoms with E-state index in [1.165, 1.54) is 23.3 Å². The number of anilines is 1. The molecule has 5 rings (SSSR count). The number of nitriles is 1. The molecule has 4 nitrogen and oxygen atoms in total. The Labute approximate surface area is 199 Å². The number of fused-ring (bicyclic) bond motifs is 1. The maximum absolute atomic E-state index is 13.7. The smallest absolute Gasteiger partial charge is 0.232 e. The maximum Gasteiger partial charge on any atom is 0.232 e. The van der Waals surface area contributed by atoms with E-state index in [1.54, 1.807) is 16.2 Å². The van der Waals surface area contributed by atoms with Crippen molar-refractivity contribution in [2.75, 3.05) is 4.90 Å². The van der Waals surface area contributed by atoms with Gasteiger partial charge in [-0.3, -0.25) is 14.5 Å². The molecule has 0 saturated heterocycles. The standard InChI is InChI=1S/C28H30N2O2S/c1-2-18-12-14-19(15-13-18)21-16-26(32)30(23-9-7-10-24(31)27(21)23)28-22(17-29)20-8-5-3-4-6-11-25(20)33-28/h12-15,21H,2-11,16H2,1H3/t21-/m0/s1. The Hall–Kier alpha value is -2.71. The van der Waals surface area contributed by atoms with E-state index in [4.69, 9.17) is 0 Å². The van der Waals surface area contributed by atoms with Crippen molar-refractivity contribution in [3.63, 3.8) is 0 Å². The van der Waals surface area contributed by atoms with Gasteiger partial charge in [0.25, 0.3) is 0 Å². The summed E-state index contributed by atoms with van der Waals surface area (Å²) in [6.07, 6.45) is 9.79. The normalized spacial score (nSPS) is 21.2.